The highest BCUT2D eigenvalue weighted by Crippen LogP contribution is 2.22. The Bertz CT molecular complexity index is 812. The molecule has 144 valence electrons. The highest BCUT2D eigenvalue weighted by atomic mass is 16.6. The van der Waals surface area contributed by atoms with Crippen molar-refractivity contribution >= 4 is 11.6 Å². The van der Waals surface area contributed by atoms with Crippen LogP contribution in [0.5, 0.6) is 0 Å². The molecule has 1 atom stereocenters. The van der Waals surface area contributed by atoms with E-state index < -0.39 is 4.92 Å². The third-order valence-electron chi connectivity index (χ3n) is 5.00. The summed E-state index contributed by atoms with van der Waals surface area (Å²) in [6.45, 7) is 6.01. The van der Waals surface area contributed by atoms with Crippen LogP contribution in [-0.2, 0) is 11.3 Å². The van der Waals surface area contributed by atoms with E-state index in [-0.39, 0.29) is 24.2 Å². The number of aromatic nitrogens is 2. The number of nitrogens with zero attached hydrogens (tertiary/aromatic N) is 4. The molecule has 8 nitrogen and oxygen atoms in total. The molecule has 0 spiro atoms. The molecule has 1 N–H and O–H groups in total. The lowest BCUT2D eigenvalue weighted by Crippen LogP contribution is -2.38. The average molecular weight is 371 g/mol. The molecule has 1 unspecified atom stereocenters. The van der Waals surface area contributed by atoms with E-state index in [9.17, 15) is 14.9 Å². The maximum Gasteiger partial charge on any atom is 0.312 e. The molecule has 1 amide bonds. The number of likely N-dealkylation sites (tertiary alicyclic amines) is 1. The summed E-state index contributed by atoms with van der Waals surface area (Å²) in [7, 11) is 0. The Morgan fingerprint density at radius 1 is 1.26 bits per heavy atom. The fourth-order valence-corrected chi connectivity index (χ4v) is 3.62. The molecule has 1 aliphatic rings. The first kappa shape index (κ1) is 19.0. The number of nitro groups is 1. The molecule has 1 saturated heterocycles. The van der Waals surface area contributed by atoms with Gasteiger partial charge in [0.25, 0.3) is 0 Å². The first-order valence-electron chi connectivity index (χ1n) is 9.20. The molecule has 8 heteroatoms. The molecule has 1 aromatic heterocycles. The van der Waals surface area contributed by atoms with Crippen molar-refractivity contribution in [3.8, 4) is 0 Å². The van der Waals surface area contributed by atoms with Gasteiger partial charge in [-0.2, -0.15) is 5.10 Å². The van der Waals surface area contributed by atoms with Gasteiger partial charge in [0.2, 0.25) is 5.91 Å². The minimum Gasteiger partial charge on any atom is -0.346 e. The number of amides is 1. The molecule has 0 aliphatic carbocycles. The fraction of sp³-hybridized carbons (Fsp3) is 0.474. The van der Waals surface area contributed by atoms with Crippen LogP contribution >= 0.6 is 0 Å². The quantitative estimate of drug-likeness (QED) is 0.596. The van der Waals surface area contributed by atoms with Crippen LogP contribution in [0.4, 0.5) is 5.69 Å². The molecule has 3 rings (SSSR count). The third kappa shape index (κ3) is 4.51. The van der Waals surface area contributed by atoms with Crippen molar-refractivity contribution in [3.05, 3.63) is 57.4 Å². The maximum atomic E-state index is 12.7. The molecule has 27 heavy (non-hydrogen) atoms. The van der Waals surface area contributed by atoms with Crippen LogP contribution in [0.2, 0.25) is 0 Å². The Kier molecular flexibility index (Phi) is 5.85. The summed E-state index contributed by atoms with van der Waals surface area (Å²) in [5, 5.41) is 18.4. The van der Waals surface area contributed by atoms with Crippen molar-refractivity contribution in [1.82, 2.24) is 20.0 Å². The molecule has 2 heterocycles. The average Bonchev–Trinajstić information content (AvgIpc) is 3.23. The van der Waals surface area contributed by atoms with Crippen molar-refractivity contribution in [2.24, 2.45) is 0 Å². The molecule has 0 bridgehead atoms. The van der Waals surface area contributed by atoms with E-state index in [0.29, 0.717) is 11.4 Å². The Morgan fingerprint density at radius 2 is 1.93 bits per heavy atom. The number of carbonyl (C=O) groups excluding carboxylic acids is 1. The van der Waals surface area contributed by atoms with Crippen LogP contribution < -0.4 is 5.32 Å². The van der Waals surface area contributed by atoms with E-state index in [1.54, 1.807) is 13.8 Å². The second-order valence-corrected chi connectivity index (χ2v) is 6.97. The van der Waals surface area contributed by atoms with Gasteiger partial charge in [0, 0.05) is 6.54 Å². The molecule has 1 aromatic carbocycles. The normalized spacial score (nSPS) is 15.6. The summed E-state index contributed by atoms with van der Waals surface area (Å²) in [5.41, 5.74) is 1.74. The van der Waals surface area contributed by atoms with Gasteiger partial charge in [-0.3, -0.25) is 19.6 Å². The van der Waals surface area contributed by atoms with Crippen molar-refractivity contribution < 1.29 is 9.72 Å². The topological polar surface area (TPSA) is 93.3 Å². The van der Waals surface area contributed by atoms with Gasteiger partial charge >= 0.3 is 5.69 Å². The van der Waals surface area contributed by atoms with Gasteiger partial charge in [-0.25, -0.2) is 0 Å². The first-order valence-corrected chi connectivity index (χ1v) is 9.20. The predicted octanol–water partition coefficient (Wildman–Crippen LogP) is 2.36. The largest absolute Gasteiger partial charge is 0.346 e. The molecule has 1 fully saturated rings. The predicted molar refractivity (Wildman–Crippen MR) is 101 cm³/mol. The summed E-state index contributed by atoms with van der Waals surface area (Å²) < 4.78 is 1.40. The zero-order valence-electron chi connectivity index (χ0n) is 15.7. The number of aryl methyl sites for hydroxylation is 1. The Balaban J connectivity index is 1.72. The van der Waals surface area contributed by atoms with E-state index in [0.717, 1.165) is 25.2 Å². The van der Waals surface area contributed by atoms with Crippen LogP contribution in [0.15, 0.2) is 30.3 Å². The van der Waals surface area contributed by atoms with Gasteiger partial charge in [0.05, 0.1) is 11.0 Å². The van der Waals surface area contributed by atoms with E-state index >= 15 is 0 Å². The number of hydrogen-bond acceptors (Lipinski definition) is 5. The highest BCUT2D eigenvalue weighted by molar-refractivity contribution is 5.76. The van der Waals surface area contributed by atoms with Crippen molar-refractivity contribution in [1.29, 1.82) is 0 Å². The molecular formula is C19H25N5O3. The van der Waals surface area contributed by atoms with Crippen LogP contribution in [0.25, 0.3) is 0 Å². The summed E-state index contributed by atoms with van der Waals surface area (Å²) in [5.74, 6) is -0.205. The zero-order chi connectivity index (χ0) is 19.4. The lowest BCUT2D eigenvalue weighted by atomic mass is 10.1. The molecular weight excluding hydrogens is 346 g/mol. The highest BCUT2D eigenvalue weighted by Gasteiger charge is 2.24. The van der Waals surface area contributed by atoms with Gasteiger partial charge in [0.15, 0.2) is 0 Å². The van der Waals surface area contributed by atoms with E-state index in [2.05, 4.69) is 15.3 Å². The van der Waals surface area contributed by atoms with Crippen molar-refractivity contribution in [3.63, 3.8) is 0 Å². The van der Waals surface area contributed by atoms with Crippen LogP contribution in [0.3, 0.4) is 0 Å². The van der Waals surface area contributed by atoms with Gasteiger partial charge in [-0.05, 0) is 45.3 Å². The molecule has 2 aromatic rings. The summed E-state index contributed by atoms with van der Waals surface area (Å²) in [4.78, 5) is 25.7. The zero-order valence-corrected chi connectivity index (χ0v) is 15.7. The second kappa shape index (κ2) is 8.30. The summed E-state index contributed by atoms with van der Waals surface area (Å²) in [6, 6.07) is 9.77. The van der Waals surface area contributed by atoms with Crippen LogP contribution in [0.1, 0.15) is 35.8 Å². The summed E-state index contributed by atoms with van der Waals surface area (Å²) in [6.07, 6.45) is 2.37. The molecule has 0 radical (unpaired) electrons. The van der Waals surface area contributed by atoms with Gasteiger partial charge < -0.3 is 10.2 Å². The third-order valence-corrected chi connectivity index (χ3v) is 5.00. The maximum absolute atomic E-state index is 12.7. The number of benzene rings is 1. The Hall–Kier alpha value is -2.74. The van der Waals surface area contributed by atoms with E-state index in [1.807, 2.05) is 30.3 Å². The number of carbonyl (C=O) groups is 1. The number of hydrogen-bond donors (Lipinski definition) is 1. The van der Waals surface area contributed by atoms with Crippen molar-refractivity contribution in [2.75, 3.05) is 19.6 Å². The molecule has 1 aliphatic heterocycles. The van der Waals surface area contributed by atoms with Gasteiger partial charge in [0.1, 0.15) is 17.9 Å². The SMILES string of the molecule is Cc1nn(CC(=O)NC(CN2CCCC2)c2ccccc2)c(C)c1[N+](=O)[O-]. The minimum atomic E-state index is -0.452. The number of nitrogens with one attached hydrogen (secondary N) is 1. The van der Waals surface area contributed by atoms with Crippen LogP contribution in [0, 0.1) is 24.0 Å². The summed E-state index contributed by atoms with van der Waals surface area (Å²) >= 11 is 0. The smallest absolute Gasteiger partial charge is 0.312 e. The minimum absolute atomic E-state index is 0.0283. The number of rotatable bonds is 7. The Labute approximate surface area is 158 Å². The van der Waals surface area contributed by atoms with E-state index in [4.69, 9.17) is 0 Å². The van der Waals surface area contributed by atoms with Gasteiger partial charge in [-0.15, -0.1) is 0 Å². The Morgan fingerprint density at radius 3 is 2.52 bits per heavy atom. The lowest BCUT2D eigenvalue weighted by Gasteiger charge is -2.25. The van der Waals surface area contributed by atoms with E-state index in [1.165, 1.54) is 17.5 Å². The first-order chi connectivity index (χ1) is 13.0. The standard InChI is InChI=1S/C19H25N5O3/c1-14-19(24(26)27)15(2)23(21-14)13-18(25)20-17(12-22-10-6-7-11-22)16-8-4-3-5-9-16/h3-5,8-9,17H,6-7,10-13H2,1-2H3,(H,20,25). The van der Waals surface area contributed by atoms with Crippen molar-refractivity contribution in [2.45, 2.75) is 39.3 Å². The monoisotopic (exact) mass is 371 g/mol. The van der Waals surface area contributed by atoms with Gasteiger partial charge in [-0.1, -0.05) is 30.3 Å². The lowest BCUT2D eigenvalue weighted by molar-refractivity contribution is -0.386. The fourth-order valence-electron chi connectivity index (χ4n) is 3.62. The molecule has 0 saturated carbocycles. The second-order valence-electron chi connectivity index (χ2n) is 6.97. The van der Waals surface area contributed by atoms with Crippen LogP contribution in [-0.4, -0.2) is 45.1 Å².